The number of nitrogens with one attached hydrogen (secondary N) is 1. The first-order valence-electron chi connectivity index (χ1n) is 7.40. The SMILES string of the molecule is Nc1c(NCCC[n+]2ccn(CCO)c2)nn2ccccc12.[CH3-]. The molecule has 0 radical (unpaired) electrons. The van der Waals surface area contributed by atoms with Crippen molar-refractivity contribution in [1.29, 1.82) is 0 Å². The first kappa shape index (κ1) is 16.8. The highest BCUT2D eigenvalue weighted by atomic mass is 16.3. The molecule has 3 aromatic rings. The Balaban J connectivity index is 0.00000192. The van der Waals surface area contributed by atoms with E-state index in [1.807, 2.05) is 47.7 Å². The van der Waals surface area contributed by atoms with Gasteiger partial charge in [-0.25, -0.2) is 13.6 Å². The van der Waals surface area contributed by atoms with Gasteiger partial charge < -0.3 is 23.6 Å². The zero-order chi connectivity index (χ0) is 15.4. The number of aryl methyl sites for hydroxylation is 1. The van der Waals surface area contributed by atoms with Crippen molar-refractivity contribution in [3.63, 3.8) is 0 Å². The van der Waals surface area contributed by atoms with E-state index in [0.717, 1.165) is 30.8 Å². The second-order valence-electron chi connectivity index (χ2n) is 5.19. The van der Waals surface area contributed by atoms with E-state index in [0.29, 0.717) is 12.2 Å². The molecule has 0 unspecified atom stereocenters. The molecule has 0 aliphatic heterocycles. The monoisotopic (exact) mass is 316 g/mol. The molecule has 0 atom stereocenters. The number of nitrogens with two attached hydrogens (primary N) is 1. The number of nitrogen functional groups attached to an aromatic ring is 1. The van der Waals surface area contributed by atoms with Crippen LogP contribution in [-0.2, 0) is 13.1 Å². The third-order valence-electron chi connectivity index (χ3n) is 3.57. The van der Waals surface area contributed by atoms with Crippen LogP contribution >= 0.6 is 0 Å². The molecular formula is C16H24N6O. The Labute approximate surface area is 136 Å². The highest BCUT2D eigenvalue weighted by Gasteiger charge is 2.08. The van der Waals surface area contributed by atoms with Crippen LogP contribution < -0.4 is 15.6 Å². The number of anilines is 2. The van der Waals surface area contributed by atoms with Crippen LogP contribution in [0.5, 0.6) is 0 Å². The maximum atomic E-state index is 8.89. The van der Waals surface area contributed by atoms with Crippen molar-refractivity contribution in [1.82, 2.24) is 14.2 Å². The summed E-state index contributed by atoms with van der Waals surface area (Å²) in [5.74, 6) is 0.731. The number of fused-ring (bicyclic) bond motifs is 1. The molecule has 0 bridgehead atoms. The zero-order valence-corrected chi connectivity index (χ0v) is 13.4. The smallest absolute Gasteiger partial charge is 0.243 e. The molecule has 23 heavy (non-hydrogen) atoms. The topological polar surface area (TPSA) is 84.4 Å². The predicted molar refractivity (Wildman–Crippen MR) is 90.8 cm³/mol. The molecule has 0 saturated carbocycles. The number of imidazole rings is 1. The fourth-order valence-corrected chi connectivity index (χ4v) is 2.44. The Morgan fingerprint density at radius 2 is 2.17 bits per heavy atom. The van der Waals surface area contributed by atoms with Gasteiger partial charge in [-0.2, -0.15) is 0 Å². The number of aliphatic hydroxyl groups excluding tert-OH is 1. The van der Waals surface area contributed by atoms with E-state index >= 15 is 0 Å². The van der Waals surface area contributed by atoms with E-state index in [1.54, 1.807) is 4.52 Å². The van der Waals surface area contributed by atoms with Crippen molar-refractivity contribution in [2.24, 2.45) is 0 Å². The van der Waals surface area contributed by atoms with Crippen molar-refractivity contribution in [3.8, 4) is 0 Å². The molecular weight excluding hydrogens is 292 g/mol. The molecule has 7 heteroatoms. The first-order chi connectivity index (χ1) is 10.8. The van der Waals surface area contributed by atoms with Crippen molar-refractivity contribution in [3.05, 3.63) is 50.5 Å². The summed E-state index contributed by atoms with van der Waals surface area (Å²) in [4.78, 5) is 0. The molecule has 0 fully saturated rings. The van der Waals surface area contributed by atoms with E-state index in [2.05, 4.69) is 15.0 Å². The molecule has 0 amide bonds. The third-order valence-corrected chi connectivity index (χ3v) is 3.57. The minimum atomic E-state index is 0. The van der Waals surface area contributed by atoms with Crippen LogP contribution in [-0.4, -0.2) is 32.4 Å². The second kappa shape index (κ2) is 7.64. The Hall–Kier alpha value is -2.54. The maximum Gasteiger partial charge on any atom is 0.243 e. The van der Waals surface area contributed by atoms with Crippen LogP contribution in [0.1, 0.15) is 6.42 Å². The average molecular weight is 316 g/mol. The Bertz CT molecular complexity index is 748. The number of hydrogen-bond donors (Lipinski definition) is 3. The van der Waals surface area contributed by atoms with Crippen LogP contribution in [0, 0.1) is 7.43 Å². The molecule has 0 aliphatic carbocycles. The summed E-state index contributed by atoms with van der Waals surface area (Å²) >= 11 is 0. The summed E-state index contributed by atoms with van der Waals surface area (Å²) in [6, 6.07) is 5.83. The second-order valence-corrected chi connectivity index (χ2v) is 5.19. The van der Waals surface area contributed by atoms with Crippen molar-refractivity contribution >= 4 is 17.0 Å². The summed E-state index contributed by atoms with van der Waals surface area (Å²) in [6.07, 6.45) is 8.81. The van der Waals surface area contributed by atoms with E-state index in [4.69, 9.17) is 10.8 Å². The van der Waals surface area contributed by atoms with Crippen LogP contribution in [0.4, 0.5) is 11.5 Å². The fourth-order valence-electron chi connectivity index (χ4n) is 2.44. The largest absolute Gasteiger partial charge is 0.394 e. The lowest BCUT2D eigenvalue weighted by Gasteiger charge is -2.02. The lowest BCUT2D eigenvalue weighted by atomic mass is 10.3. The number of nitrogens with zero attached hydrogens (tertiary/aromatic N) is 4. The van der Waals surface area contributed by atoms with Crippen molar-refractivity contribution in [2.75, 3.05) is 24.2 Å². The van der Waals surface area contributed by atoms with E-state index < -0.39 is 0 Å². The van der Waals surface area contributed by atoms with E-state index in [-0.39, 0.29) is 14.0 Å². The lowest BCUT2D eigenvalue weighted by molar-refractivity contribution is -0.696. The van der Waals surface area contributed by atoms with Gasteiger partial charge >= 0.3 is 0 Å². The number of rotatable bonds is 7. The molecule has 4 N–H and O–H groups in total. The molecule has 0 aromatic carbocycles. The summed E-state index contributed by atoms with van der Waals surface area (Å²) in [7, 11) is 0. The minimum Gasteiger partial charge on any atom is -0.394 e. The Kier molecular flexibility index (Phi) is 5.59. The van der Waals surface area contributed by atoms with Gasteiger partial charge in [-0.15, -0.1) is 5.10 Å². The van der Waals surface area contributed by atoms with Crippen molar-refractivity contribution in [2.45, 2.75) is 19.5 Å². The normalized spacial score (nSPS) is 10.7. The van der Waals surface area contributed by atoms with Gasteiger partial charge in [0.05, 0.1) is 18.7 Å². The molecule has 7 nitrogen and oxygen atoms in total. The lowest BCUT2D eigenvalue weighted by Crippen LogP contribution is -2.32. The number of pyridine rings is 1. The molecule has 0 aliphatic rings. The molecule has 0 saturated heterocycles. The maximum absolute atomic E-state index is 8.89. The van der Waals surface area contributed by atoms with Crippen LogP contribution in [0.3, 0.4) is 0 Å². The van der Waals surface area contributed by atoms with Gasteiger partial charge in [0.15, 0.2) is 5.82 Å². The summed E-state index contributed by atoms with van der Waals surface area (Å²) in [5.41, 5.74) is 7.69. The molecule has 3 heterocycles. The standard InChI is InChI=1S/C15H21N6O.CH3/c16-14-13-4-1-2-7-21(13)18-15(14)17-5-3-6-19-8-9-20(12-19)10-11-22;/h1-2,4,7-9,12,22H,3,5-6,10-11,16H2,(H,17,18);1H3/q+1;-1. The predicted octanol–water partition coefficient (Wildman–Crippen LogP) is 0.950. The summed E-state index contributed by atoms with van der Waals surface area (Å²) < 4.78 is 5.85. The van der Waals surface area contributed by atoms with Crippen LogP contribution in [0.2, 0.25) is 0 Å². The van der Waals surface area contributed by atoms with Gasteiger partial charge in [0.1, 0.15) is 24.6 Å². The highest BCUT2D eigenvalue weighted by molar-refractivity contribution is 5.80. The number of hydrogen-bond acceptors (Lipinski definition) is 4. The zero-order valence-electron chi connectivity index (χ0n) is 13.4. The van der Waals surface area contributed by atoms with Gasteiger partial charge in [0, 0.05) is 19.2 Å². The van der Waals surface area contributed by atoms with Gasteiger partial charge in [0.25, 0.3) is 0 Å². The molecule has 3 aromatic heterocycles. The third kappa shape index (κ3) is 3.81. The Morgan fingerprint density at radius 1 is 1.30 bits per heavy atom. The average Bonchev–Trinajstić information content (AvgIpc) is 3.10. The van der Waals surface area contributed by atoms with Gasteiger partial charge in [-0.3, -0.25) is 0 Å². The summed E-state index contributed by atoms with van der Waals surface area (Å²) in [6.45, 7) is 2.48. The molecule has 3 rings (SSSR count). The minimum absolute atomic E-state index is 0. The van der Waals surface area contributed by atoms with Crippen LogP contribution in [0.15, 0.2) is 43.1 Å². The van der Waals surface area contributed by atoms with E-state index in [1.165, 1.54) is 0 Å². The molecule has 0 spiro atoms. The van der Waals surface area contributed by atoms with Crippen molar-refractivity contribution < 1.29 is 9.67 Å². The van der Waals surface area contributed by atoms with Gasteiger partial charge in [0.2, 0.25) is 6.33 Å². The first-order valence-corrected chi connectivity index (χ1v) is 7.40. The number of aliphatic hydroxyl groups is 1. The van der Waals surface area contributed by atoms with Gasteiger partial charge in [-0.05, 0) is 12.1 Å². The number of aromatic nitrogens is 4. The summed E-state index contributed by atoms with van der Waals surface area (Å²) in [5, 5.41) is 16.6. The Morgan fingerprint density at radius 3 is 2.96 bits per heavy atom. The fraction of sp³-hybridized carbons (Fsp3) is 0.312. The highest BCUT2D eigenvalue weighted by Crippen LogP contribution is 2.22. The van der Waals surface area contributed by atoms with E-state index in [9.17, 15) is 0 Å². The molecule has 124 valence electrons. The van der Waals surface area contributed by atoms with Crippen LogP contribution in [0.25, 0.3) is 5.52 Å². The quantitative estimate of drug-likeness (QED) is 0.344. The van der Waals surface area contributed by atoms with Gasteiger partial charge in [-0.1, -0.05) is 6.07 Å².